The average molecular weight is 438 g/mol. The Kier molecular flexibility index (Phi) is 10.2. The zero-order valence-electron chi connectivity index (χ0n) is 19.2. The van der Waals surface area contributed by atoms with E-state index in [0.29, 0.717) is 36.0 Å². The molecule has 1 heterocycles. The minimum Gasteiger partial charge on any atom is -0.399 e. The fourth-order valence-corrected chi connectivity index (χ4v) is 3.05. The normalized spacial score (nSPS) is 14.8. The Morgan fingerprint density at radius 3 is 2.53 bits per heavy atom. The molecule has 0 aromatic carbocycles. The lowest BCUT2D eigenvalue weighted by Crippen LogP contribution is -2.27. The lowest BCUT2D eigenvalue weighted by Gasteiger charge is -2.21. The largest absolute Gasteiger partial charge is 0.399 e. The van der Waals surface area contributed by atoms with Crippen molar-refractivity contribution in [2.24, 2.45) is 22.4 Å². The van der Waals surface area contributed by atoms with Gasteiger partial charge in [-0.3, -0.25) is 4.99 Å². The maximum atomic E-state index is 14.9. The third-order valence-electron chi connectivity index (χ3n) is 4.71. The molecule has 170 valence electrons. The van der Waals surface area contributed by atoms with Crippen LogP contribution in [0.15, 0.2) is 71.2 Å². The van der Waals surface area contributed by atoms with Gasteiger partial charge in [-0.25, -0.2) is 14.4 Å². The van der Waals surface area contributed by atoms with Crippen molar-refractivity contribution < 1.29 is 4.39 Å². The Bertz CT molecular complexity index is 991. The second kappa shape index (κ2) is 12.3. The van der Waals surface area contributed by atoms with Crippen molar-refractivity contribution in [2.75, 3.05) is 6.54 Å². The van der Waals surface area contributed by atoms with E-state index in [4.69, 9.17) is 11.5 Å². The number of nitriles is 1. The van der Waals surface area contributed by atoms with Crippen molar-refractivity contribution in [3.8, 4) is 6.07 Å². The van der Waals surface area contributed by atoms with E-state index in [9.17, 15) is 9.65 Å². The fraction of sp³-hybridized carbons (Fsp3) is 0.333. The Morgan fingerprint density at radius 2 is 2.00 bits per heavy atom. The van der Waals surface area contributed by atoms with Crippen molar-refractivity contribution in [2.45, 2.75) is 40.4 Å². The van der Waals surface area contributed by atoms with Gasteiger partial charge >= 0.3 is 0 Å². The molecule has 0 bridgehead atoms. The fourth-order valence-electron chi connectivity index (χ4n) is 3.05. The van der Waals surface area contributed by atoms with E-state index in [0.717, 1.165) is 11.4 Å². The van der Waals surface area contributed by atoms with Gasteiger partial charge in [-0.15, -0.1) is 0 Å². The first kappa shape index (κ1) is 26.5. The van der Waals surface area contributed by atoms with Crippen LogP contribution < -0.4 is 16.8 Å². The molecule has 0 fully saturated rings. The first-order chi connectivity index (χ1) is 15.0. The summed E-state index contributed by atoms with van der Waals surface area (Å²) in [5, 5.41) is 12.5. The lowest BCUT2D eigenvalue weighted by atomic mass is 9.88. The number of aryl methyl sites for hydroxylation is 2. The summed E-state index contributed by atoms with van der Waals surface area (Å²) >= 11 is 0. The first-order valence-corrected chi connectivity index (χ1v) is 10.1. The number of allylic oxidation sites excluding steroid dienone is 4. The van der Waals surface area contributed by atoms with Gasteiger partial charge < -0.3 is 16.8 Å². The van der Waals surface area contributed by atoms with Gasteiger partial charge in [-0.05, 0) is 39.3 Å². The summed E-state index contributed by atoms with van der Waals surface area (Å²) in [7, 11) is 0. The van der Waals surface area contributed by atoms with E-state index in [1.807, 2.05) is 26.0 Å². The van der Waals surface area contributed by atoms with Crippen molar-refractivity contribution >= 4 is 5.71 Å². The summed E-state index contributed by atoms with van der Waals surface area (Å²) in [5.41, 5.74) is 15.6. The number of nitrogens with one attached hydrogen (secondary N) is 1. The smallest absolute Gasteiger partial charge is 0.137 e. The van der Waals surface area contributed by atoms with Gasteiger partial charge in [0.15, 0.2) is 0 Å². The van der Waals surface area contributed by atoms with E-state index in [-0.39, 0.29) is 16.8 Å². The van der Waals surface area contributed by atoms with Crippen LogP contribution in [0.25, 0.3) is 0 Å². The highest BCUT2D eigenvalue weighted by Crippen LogP contribution is 2.25. The zero-order valence-corrected chi connectivity index (χ0v) is 19.2. The van der Waals surface area contributed by atoms with E-state index in [2.05, 4.69) is 40.0 Å². The van der Waals surface area contributed by atoms with Gasteiger partial charge in [-0.2, -0.15) is 5.26 Å². The van der Waals surface area contributed by atoms with E-state index < -0.39 is 12.1 Å². The highest BCUT2D eigenvalue weighted by molar-refractivity contribution is 5.90. The average Bonchev–Trinajstić information content (AvgIpc) is 2.75. The summed E-state index contributed by atoms with van der Waals surface area (Å²) in [6.07, 6.45) is 1.40. The topological polar surface area (TPSA) is 126 Å². The Balaban J connectivity index is 3.05. The number of nitrogens with two attached hydrogens (primary N) is 2. The second-order valence-corrected chi connectivity index (χ2v) is 7.31. The molecule has 0 aliphatic heterocycles. The molecule has 2 atom stereocenters. The molecule has 0 radical (unpaired) electrons. The standard InChI is InChI=1S/C24H32FN7/c1-8-14(3)23(25)22(15(4)11-26)17(6)31-21(9-2)24(28)20(27)13-29-12-19-10-16(5)30-18(7)32-19/h8-10,22-23,29H,1,3-4,12-13,27-28H2,2,5-7H3/b21-9+,24-20+,31-17?/t22-,23?/m0/s1. The Labute approximate surface area is 189 Å². The van der Waals surface area contributed by atoms with Crippen LogP contribution >= 0.6 is 0 Å². The highest BCUT2D eigenvalue weighted by Gasteiger charge is 2.28. The molecular weight excluding hydrogens is 405 g/mol. The number of alkyl halides is 1. The molecule has 8 heteroatoms. The molecule has 1 unspecified atom stereocenters. The zero-order chi connectivity index (χ0) is 24.4. The Morgan fingerprint density at radius 1 is 1.34 bits per heavy atom. The SMILES string of the molecule is C=CC(=C)C(F)[C@@H](C(=C)C#N)C(C)=NC(=C/C)/C(N)=C(\N)CNCc1cc(C)nc(C)n1. The first-order valence-electron chi connectivity index (χ1n) is 10.1. The number of aromatic nitrogens is 2. The number of hydrogen-bond donors (Lipinski definition) is 3. The van der Waals surface area contributed by atoms with Crippen molar-refractivity contribution in [1.82, 2.24) is 15.3 Å². The highest BCUT2D eigenvalue weighted by atomic mass is 19.1. The number of rotatable bonds is 11. The van der Waals surface area contributed by atoms with Gasteiger partial charge in [0.1, 0.15) is 12.0 Å². The summed E-state index contributed by atoms with van der Waals surface area (Å²) in [6, 6.07) is 3.79. The van der Waals surface area contributed by atoms with Crippen LogP contribution in [0.3, 0.4) is 0 Å². The van der Waals surface area contributed by atoms with Crippen LogP contribution in [-0.4, -0.2) is 28.4 Å². The predicted octanol–water partition coefficient (Wildman–Crippen LogP) is 3.45. The summed E-state index contributed by atoms with van der Waals surface area (Å²) < 4.78 is 14.9. The van der Waals surface area contributed by atoms with Gasteiger partial charge in [0.25, 0.3) is 0 Å². The predicted molar refractivity (Wildman–Crippen MR) is 128 cm³/mol. The molecule has 0 spiro atoms. The molecule has 1 aromatic heterocycles. The maximum absolute atomic E-state index is 14.9. The van der Waals surface area contributed by atoms with Gasteiger partial charge in [0.05, 0.1) is 29.1 Å². The molecule has 0 saturated carbocycles. The molecule has 0 amide bonds. The van der Waals surface area contributed by atoms with E-state index in [1.165, 1.54) is 6.08 Å². The molecular formula is C24H32FN7. The van der Waals surface area contributed by atoms with Crippen LogP contribution in [-0.2, 0) is 6.54 Å². The third kappa shape index (κ3) is 7.29. The van der Waals surface area contributed by atoms with Crippen molar-refractivity contribution in [3.05, 3.63) is 83.4 Å². The van der Waals surface area contributed by atoms with Crippen LogP contribution in [0.4, 0.5) is 4.39 Å². The summed E-state index contributed by atoms with van der Waals surface area (Å²) in [5.74, 6) is -0.276. The van der Waals surface area contributed by atoms with E-state index >= 15 is 0 Å². The number of aliphatic imine (C=N–C) groups is 1. The molecule has 1 aromatic rings. The summed E-state index contributed by atoms with van der Waals surface area (Å²) in [6.45, 7) is 18.7. The van der Waals surface area contributed by atoms with Crippen molar-refractivity contribution in [3.63, 3.8) is 0 Å². The van der Waals surface area contributed by atoms with Gasteiger partial charge in [0.2, 0.25) is 0 Å². The molecule has 5 N–H and O–H groups in total. The molecule has 1 rings (SSSR count). The molecule has 7 nitrogen and oxygen atoms in total. The quantitative estimate of drug-likeness (QED) is 0.276. The molecule has 0 saturated heterocycles. The van der Waals surface area contributed by atoms with Crippen LogP contribution in [0.1, 0.15) is 31.1 Å². The third-order valence-corrected chi connectivity index (χ3v) is 4.71. The van der Waals surface area contributed by atoms with Crippen LogP contribution in [0.5, 0.6) is 0 Å². The molecule has 0 aliphatic carbocycles. The van der Waals surface area contributed by atoms with Crippen molar-refractivity contribution in [1.29, 1.82) is 5.26 Å². The van der Waals surface area contributed by atoms with E-state index in [1.54, 1.807) is 19.9 Å². The van der Waals surface area contributed by atoms with Crippen LogP contribution in [0.2, 0.25) is 0 Å². The number of halogens is 1. The number of hydrogen-bond acceptors (Lipinski definition) is 7. The van der Waals surface area contributed by atoms with Gasteiger partial charge in [-0.1, -0.05) is 31.9 Å². The lowest BCUT2D eigenvalue weighted by molar-refractivity contribution is 0.351. The minimum absolute atomic E-state index is 0.0323. The van der Waals surface area contributed by atoms with Crippen LogP contribution in [0, 0.1) is 31.1 Å². The number of nitrogens with zero attached hydrogens (tertiary/aromatic N) is 4. The Hall–Kier alpha value is -3.57. The second-order valence-electron chi connectivity index (χ2n) is 7.31. The maximum Gasteiger partial charge on any atom is 0.137 e. The monoisotopic (exact) mass is 437 g/mol. The minimum atomic E-state index is -1.58. The summed E-state index contributed by atoms with van der Waals surface area (Å²) in [4.78, 5) is 13.1. The molecule has 32 heavy (non-hydrogen) atoms. The van der Waals surface area contributed by atoms with Gasteiger partial charge in [0, 0.05) is 35.8 Å². The molecule has 0 aliphatic rings.